The molecule has 8 aliphatic rings. The fraction of sp³-hybridized carbons (Fsp3) is 0.446. The predicted molar refractivity (Wildman–Crippen MR) is 364 cm³/mol. The summed E-state index contributed by atoms with van der Waals surface area (Å²) in [6.07, 6.45) is 28.6. The number of aromatic nitrogens is 8. The fourth-order valence-electron chi connectivity index (χ4n) is 11.7. The van der Waals surface area contributed by atoms with Crippen molar-refractivity contribution >= 4 is 45.6 Å². The Labute approximate surface area is 579 Å². The smallest absolute Gasteiger partial charge is 0.410 e. The monoisotopic (exact) mass is 1390 g/mol. The summed E-state index contributed by atoms with van der Waals surface area (Å²) in [6, 6.07) is 9.16. The molecule has 24 heteroatoms. The van der Waals surface area contributed by atoms with Crippen LogP contribution in [-0.2, 0) is 14.2 Å². The maximum Gasteiger partial charge on any atom is 0.410 e. The van der Waals surface area contributed by atoms with Crippen LogP contribution < -0.4 is 4.90 Å². The average Bonchev–Trinajstić information content (AvgIpc) is 1.59. The molecule has 0 bridgehead atoms. The number of rotatable bonds is 1. The molecular formula is C74H78BrF3N14O6. The Morgan fingerprint density at radius 2 is 0.908 bits per heavy atom. The molecule has 4 saturated heterocycles. The van der Waals surface area contributed by atoms with Gasteiger partial charge in [-0.1, -0.05) is 31.1 Å². The zero-order valence-electron chi connectivity index (χ0n) is 55.5. The molecule has 4 aliphatic carbocycles. The van der Waals surface area contributed by atoms with Crippen molar-refractivity contribution in [1.82, 2.24) is 54.6 Å². The maximum atomic E-state index is 13.6. The van der Waals surface area contributed by atoms with Crippen molar-refractivity contribution in [3.05, 3.63) is 167 Å². The first kappa shape index (κ1) is 73.7. The van der Waals surface area contributed by atoms with Gasteiger partial charge in [0.15, 0.2) is 5.69 Å². The summed E-state index contributed by atoms with van der Waals surface area (Å²) in [7, 11) is 0. The second-order valence-electron chi connectivity index (χ2n) is 27.9. The topological polar surface area (TPSA) is 223 Å². The Hall–Kier alpha value is -10.1. The Balaban J connectivity index is 0.000000155. The van der Waals surface area contributed by atoms with Gasteiger partial charge in [-0.2, -0.15) is 5.26 Å². The summed E-state index contributed by atoms with van der Waals surface area (Å²) in [6.45, 7) is 29.2. The number of nitrogens with zero attached hydrogens (tertiary/aromatic N) is 14. The van der Waals surface area contributed by atoms with E-state index in [2.05, 4.69) is 107 Å². The number of benzene rings is 2. The first-order valence-electron chi connectivity index (χ1n) is 31.4. The van der Waals surface area contributed by atoms with E-state index >= 15 is 0 Å². The lowest BCUT2D eigenvalue weighted by atomic mass is 10.1. The second kappa shape index (κ2) is 30.5. The summed E-state index contributed by atoms with van der Waals surface area (Å²) in [5.74, 6) is 22.1. The Morgan fingerprint density at radius 3 is 1.24 bits per heavy atom. The molecule has 20 nitrogen and oxygen atoms in total. The molecule has 0 N–H and O–H groups in total. The molecule has 4 saturated carbocycles. The van der Waals surface area contributed by atoms with E-state index in [0.29, 0.717) is 66.0 Å². The van der Waals surface area contributed by atoms with Crippen molar-refractivity contribution in [1.29, 1.82) is 5.26 Å². The van der Waals surface area contributed by atoms with E-state index < -0.39 is 28.4 Å². The third-order valence-electron chi connectivity index (χ3n) is 16.7. The van der Waals surface area contributed by atoms with Gasteiger partial charge in [0, 0.05) is 114 Å². The van der Waals surface area contributed by atoms with Crippen LogP contribution in [0.4, 0.5) is 38.9 Å². The van der Waals surface area contributed by atoms with E-state index in [-0.39, 0.29) is 58.9 Å². The van der Waals surface area contributed by atoms with Crippen LogP contribution in [0.15, 0.2) is 115 Å². The van der Waals surface area contributed by atoms with E-state index in [1.807, 2.05) is 68.4 Å². The first-order valence-corrected chi connectivity index (χ1v) is 32.2. The number of fused-ring (bicyclic) bond motifs is 4. The van der Waals surface area contributed by atoms with Gasteiger partial charge in [0.05, 0.1) is 64.7 Å². The Kier molecular flexibility index (Phi) is 22.9. The summed E-state index contributed by atoms with van der Waals surface area (Å²) in [5, 5.41) is 8.98. The van der Waals surface area contributed by atoms with Crippen molar-refractivity contribution in [2.45, 2.75) is 112 Å². The highest BCUT2D eigenvalue weighted by molar-refractivity contribution is 9.10. The molecule has 4 aliphatic heterocycles. The van der Waals surface area contributed by atoms with Crippen molar-refractivity contribution in [2.24, 2.45) is 45.3 Å². The third kappa shape index (κ3) is 20.5. The number of amides is 3. The van der Waals surface area contributed by atoms with Crippen LogP contribution in [-0.4, -0.2) is 142 Å². The zero-order chi connectivity index (χ0) is 70.0. The van der Waals surface area contributed by atoms with Crippen molar-refractivity contribution in [3.8, 4) is 53.9 Å². The zero-order valence-corrected chi connectivity index (χ0v) is 57.1. The molecule has 8 atom stereocenters. The van der Waals surface area contributed by atoms with Crippen LogP contribution in [0.5, 0.6) is 0 Å². The lowest BCUT2D eigenvalue weighted by molar-refractivity contribution is 0.0258. The molecule has 2 aromatic carbocycles. The number of ether oxygens (including phenoxy) is 3. The minimum atomic E-state index is -0.717. The number of halogens is 4. The Morgan fingerprint density at radius 1 is 0.541 bits per heavy atom. The van der Waals surface area contributed by atoms with Gasteiger partial charge in [-0.05, 0) is 176 Å². The molecule has 4 aromatic heterocycles. The number of hydrogen-bond acceptors (Lipinski definition) is 16. The normalized spacial score (nSPS) is 23.7. The largest absolute Gasteiger partial charge is 0.444 e. The molecule has 8 heterocycles. The van der Waals surface area contributed by atoms with E-state index in [1.54, 1.807) is 95.1 Å². The highest BCUT2D eigenvalue weighted by atomic mass is 79.9. The fourth-order valence-corrected chi connectivity index (χ4v) is 11.9. The molecule has 8 unspecified atom stereocenters. The summed E-state index contributed by atoms with van der Waals surface area (Å²) >= 11 is 3.14. The van der Waals surface area contributed by atoms with Gasteiger partial charge < -0.3 is 33.8 Å². The van der Waals surface area contributed by atoms with Gasteiger partial charge in [-0.25, -0.2) is 52.3 Å². The van der Waals surface area contributed by atoms with Gasteiger partial charge >= 0.3 is 18.3 Å². The van der Waals surface area contributed by atoms with Gasteiger partial charge in [-0.15, -0.1) is 6.42 Å². The number of likely N-dealkylation sites (tertiary alicyclic amines) is 3. The van der Waals surface area contributed by atoms with Crippen LogP contribution in [0.1, 0.15) is 118 Å². The summed E-state index contributed by atoms with van der Waals surface area (Å²) in [4.78, 5) is 78.2. The number of anilines is 1. The van der Waals surface area contributed by atoms with Gasteiger partial charge in [0.25, 0.3) is 0 Å². The maximum absolute atomic E-state index is 13.6. The average molecular weight is 1400 g/mol. The number of carbonyl (C=O) groups is 3. The first-order chi connectivity index (χ1) is 45.9. The number of terminal acetylenes is 1. The summed E-state index contributed by atoms with van der Waals surface area (Å²) < 4.78 is 55.0. The third-order valence-corrected chi connectivity index (χ3v) is 17.1. The molecule has 98 heavy (non-hydrogen) atoms. The minimum absolute atomic E-state index is 0. The lowest BCUT2D eigenvalue weighted by Gasteiger charge is -2.25. The van der Waals surface area contributed by atoms with Crippen molar-refractivity contribution in [3.63, 3.8) is 0 Å². The molecular weight excluding hydrogens is 1320 g/mol. The van der Waals surface area contributed by atoms with Crippen molar-refractivity contribution in [2.75, 3.05) is 57.3 Å². The molecule has 8 fully saturated rings. The SMILES string of the molecule is Brc1cnccn1.C.C#CC12CC1CN(C(=O)OC(C)(C)C)C2.CC(C)(C)OC(=O)N1CC2CC2(C#Cc2cnccn2)C1.CC(C)(C)OC(=O)N1CC2CC2(C#Cc2cnccn2)C1.N#Cc1cc(F)cc(N2CC3CC3(C#Cc3cnccn3)C2)c1.[C-]#[N+]c1cc(F)cc(F)c1. The van der Waals surface area contributed by atoms with Gasteiger partial charge in [0.1, 0.15) is 55.9 Å². The highest BCUT2D eigenvalue weighted by Gasteiger charge is 2.63. The van der Waals surface area contributed by atoms with Crippen LogP contribution in [0, 0.1) is 129 Å². The lowest BCUT2D eigenvalue weighted by Crippen LogP contribution is -2.37. The number of piperidine rings is 4. The Bertz CT molecular complexity index is 4050. The predicted octanol–water partition coefficient (Wildman–Crippen LogP) is 12.8. The van der Waals surface area contributed by atoms with Crippen molar-refractivity contribution < 1.29 is 41.8 Å². The molecule has 3 amide bonds. The standard InChI is InChI=1S/C18H13FN4.2C16H19N3O2.C12H17NO2.C7H3F2N.C4H3BrN2.CH4/c19-15-5-13(9-20)6-17(7-15)23-11-14-8-18(14,12-23)2-1-16-10-21-3-4-22-16;2*1-15(2,3)21-14(20)19-10-12-8-16(12,11-19)5-4-13-9-17-6-7-18-13;1-5-12-6-9(12)7-13(8-12)10(14)15-11(2,3)4;1-10-7-3-5(8)2-6(9)4-7;5-4-3-6-1-2-7-4;/h3-7,10,14H,8,11-12H2;2*6-7,9,12H,8,10-11H2,1-3H3;1,9H,6-8H2,2-4H3;2-4H;1-3H;1H4. The van der Waals surface area contributed by atoms with Crippen LogP contribution in [0.2, 0.25) is 0 Å². The second-order valence-corrected chi connectivity index (χ2v) is 28.7. The highest BCUT2D eigenvalue weighted by Crippen LogP contribution is 2.60. The van der Waals surface area contributed by atoms with Crippen LogP contribution >= 0.6 is 15.9 Å². The molecule has 0 radical (unpaired) electrons. The number of nitriles is 1. The molecule has 508 valence electrons. The van der Waals surface area contributed by atoms with E-state index in [9.17, 15) is 27.6 Å². The van der Waals surface area contributed by atoms with Crippen LogP contribution in [0.25, 0.3) is 4.85 Å². The van der Waals surface area contributed by atoms with Crippen LogP contribution in [0.3, 0.4) is 0 Å². The van der Waals surface area contributed by atoms with Gasteiger partial charge in [-0.3, -0.25) is 19.9 Å². The molecule has 6 aromatic rings. The van der Waals surface area contributed by atoms with E-state index in [0.717, 1.165) is 86.9 Å². The quantitative estimate of drug-likeness (QED) is 0.0848. The minimum Gasteiger partial charge on any atom is -0.444 e. The number of hydrogen-bond donors (Lipinski definition) is 0. The molecule has 14 rings (SSSR count). The summed E-state index contributed by atoms with van der Waals surface area (Å²) in [5.41, 5.74) is 1.60. The van der Waals surface area contributed by atoms with Gasteiger partial charge in [0.2, 0.25) is 0 Å². The molecule has 0 spiro atoms. The van der Waals surface area contributed by atoms with E-state index in [4.69, 9.17) is 32.5 Å². The number of carbonyl (C=O) groups excluding carboxylic acids is 3. The van der Waals surface area contributed by atoms with E-state index in [1.165, 1.54) is 12.1 Å².